The average Bonchev–Trinajstić information content (AvgIpc) is 3.27. The van der Waals surface area contributed by atoms with Crippen LogP contribution in [0, 0.1) is 0 Å². The number of furan rings is 1. The number of hydrogen-bond donors (Lipinski definition) is 1. The summed E-state index contributed by atoms with van der Waals surface area (Å²) >= 11 is 0. The molecule has 0 atom stereocenters. The monoisotopic (exact) mass is 370 g/mol. The summed E-state index contributed by atoms with van der Waals surface area (Å²) in [7, 11) is 6.21. The van der Waals surface area contributed by atoms with Crippen molar-refractivity contribution >= 4 is 0 Å². The topological polar surface area (TPSA) is 70.3 Å². The summed E-state index contributed by atoms with van der Waals surface area (Å²) in [5.74, 6) is 2.45. The van der Waals surface area contributed by atoms with E-state index in [2.05, 4.69) is 0 Å². The largest absolute Gasteiger partial charge is 0.497 e. The second-order valence-electron chi connectivity index (χ2n) is 5.82. The third-order valence-electron chi connectivity index (χ3n) is 4.47. The van der Waals surface area contributed by atoms with E-state index in [0.717, 1.165) is 0 Å². The normalized spacial score (nSPS) is 11.1. The van der Waals surface area contributed by atoms with Crippen LogP contribution in [-0.4, -0.2) is 33.5 Å². The summed E-state index contributed by atoms with van der Waals surface area (Å²) in [5, 5.41) is 11.9. The molecule has 0 aliphatic carbocycles. The molecular weight excluding hydrogens is 348 g/mol. The summed E-state index contributed by atoms with van der Waals surface area (Å²) < 4.78 is 27.2. The molecule has 6 nitrogen and oxygen atoms in total. The number of methoxy groups -OCH3 is 4. The summed E-state index contributed by atoms with van der Waals surface area (Å²) in [6, 6.07) is 13.8. The van der Waals surface area contributed by atoms with Crippen LogP contribution >= 0.6 is 0 Å². The molecule has 142 valence electrons. The van der Waals surface area contributed by atoms with Gasteiger partial charge >= 0.3 is 0 Å². The average molecular weight is 370 g/mol. The van der Waals surface area contributed by atoms with Crippen molar-refractivity contribution in [2.75, 3.05) is 28.4 Å². The first-order chi connectivity index (χ1) is 13.1. The van der Waals surface area contributed by atoms with Crippen LogP contribution in [0.15, 0.2) is 59.2 Å². The molecule has 2 aromatic carbocycles. The molecule has 1 heterocycles. The summed E-state index contributed by atoms with van der Waals surface area (Å²) in [5.41, 5.74) is -0.674. The Morgan fingerprint density at radius 2 is 1.26 bits per heavy atom. The van der Waals surface area contributed by atoms with E-state index >= 15 is 0 Å². The molecule has 0 spiro atoms. The molecule has 0 saturated heterocycles. The van der Waals surface area contributed by atoms with Gasteiger partial charge in [-0.25, -0.2) is 0 Å². The zero-order valence-electron chi connectivity index (χ0n) is 15.7. The maximum atomic E-state index is 11.9. The van der Waals surface area contributed by atoms with Crippen molar-refractivity contribution in [1.29, 1.82) is 0 Å². The van der Waals surface area contributed by atoms with E-state index in [9.17, 15) is 5.11 Å². The van der Waals surface area contributed by atoms with Crippen molar-refractivity contribution < 1.29 is 28.5 Å². The van der Waals surface area contributed by atoms with E-state index in [0.29, 0.717) is 39.9 Å². The first kappa shape index (κ1) is 18.7. The van der Waals surface area contributed by atoms with E-state index < -0.39 is 5.60 Å². The minimum absolute atomic E-state index is 0.328. The van der Waals surface area contributed by atoms with Gasteiger partial charge in [0.25, 0.3) is 0 Å². The molecule has 1 aromatic heterocycles. The van der Waals surface area contributed by atoms with E-state index in [1.807, 2.05) is 0 Å². The van der Waals surface area contributed by atoms with E-state index in [4.69, 9.17) is 23.4 Å². The third-order valence-corrected chi connectivity index (χ3v) is 4.47. The van der Waals surface area contributed by atoms with Crippen molar-refractivity contribution in [3.8, 4) is 23.0 Å². The van der Waals surface area contributed by atoms with Crippen molar-refractivity contribution in [2.45, 2.75) is 5.60 Å². The molecule has 0 saturated carbocycles. The molecule has 27 heavy (non-hydrogen) atoms. The van der Waals surface area contributed by atoms with Crippen LogP contribution in [0.5, 0.6) is 23.0 Å². The van der Waals surface area contributed by atoms with Crippen molar-refractivity contribution in [3.63, 3.8) is 0 Å². The highest BCUT2D eigenvalue weighted by Crippen LogP contribution is 2.46. The Hall–Kier alpha value is -3.12. The fourth-order valence-corrected chi connectivity index (χ4v) is 3.09. The zero-order chi connectivity index (χ0) is 19.4. The quantitative estimate of drug-likeness (QED) is 0.685. The van der Waals surface area contributed by atoms with Gasteiger partial charge in [-0.05, 0) is 36.4 Å². The first-order valence-electron chi connectivity index (χ1n) is 8.29. The summed E-state index contributed by atoms with van der Waals surface area (Å²) in [4.78, 5) is 0. The predicted molar refractivity (Wildman–Crippen MR) is 99.9 cm³/mol. The molecule has 1 N–H and O–H groups in total. The number of rotatable bonds is 7. The standard InChI is InChI=1S/C21H22O6/c1-23-14-7-9-16(18(12-14)25-3)21(22,20-6-5-11-27-20)17-10-8-15(24-2)13-19(17)26-4/h5-13,22H,1-4H3. The SMILES string of the molecule is COc1ccc(C(O)(c2ccco2)c2ccc(OC)cc2OC)c(OC)c1. The molecule has 3 aromatic rings. The summed E-state index contributed by atoms with van der Waals surface area (Å²) in [6.07, 6.45) is 1.51. The van der Waals surface area contributed by atoms with Crippen LogP contribution in [0.1, 0.15) is 16.9 Å². The molecule has 0 aliphatic heterocycles. The fraction of sp³-hybridized carbons (Fsp3) is 0.238. The number of aliphatic hydroxyl groups is 1. The lowest BCUT2D eigenvalue weighted by Gasteiger charge is -2.30. The van der Waals surface area contributed by atoms with Gasteiger partial charge in [0.2, 0.25) is 0 Å². The van der Waals surface area contributed by atoms with Gasteiger partial charge in [-0.15, -0.1) is 0 Å². The van der Waals surface area contributed by atoms with E-state index in [1.54, 1.807) is 62.8 Å². The molecule has 0 fully saturated rings. The van der Waals surface area contributed by atoms with Crippen LogP contribution in [0.3, 0.4) is 0 Å². The van der Waals surface area contributed by atoms with Crippen LogP contribution in [0.2, 0.25) is 0 Å². The minimum Gasteiger partial charge on any atom is -0.497 e. The third kappa shape index (κ3) is 3.19. The Kier molecular flexibility index (Phi) is 5.28. The van der Waals surface area contributed by atoms with Gasteiger partial charge in [-0.2, -0.15) is 0 Å². The maximum Gasteiger partial charge on any atom is 0.180 e. The van der Waals surface area contributed by atoms with Crippen LogP contribution < -0.4 is 18.9 Å². The highest BCUT2D eigenvalue weighted by molar-refractivity contribution is 5.57. The van der Waals surface area contributed by atoms with E-state index in [-0.39, 0.29) is 0 Å². The Morgan fingerprint density at radius 3 is 1.63 bits per heavy atom. The van der Waals surface area contributed by atoms with Gasteiger partial charge in [-0.3, -0.25) is 0 Å². The zero-order valence-corrected chi connectivity index (χ0v) is 15.7. The van der Waals surface area contributed by atoms with Gasteiger partial charge in [0.05, 0.1) is 34.7 Å². The molecule has 0 aliphatic rings. The molecule has 0 bridgehead atoms. The van der Waals surface area contributed by atoms with Gasteiger partial charge in [0.15, 0.2) is 5.60 Å². The lowest BCUT2D eigenvalue weighted by atomic mass is 9.83. The van der Waals surface area contributed by atoms with Crippen molar-refractivity contribution in [3.05, 3.63) is 71.7 Å². The lowest BCUT2D eigenvalue weighted by molar-refractivity contribution is 0.0928. The Morgan fingerprint density at radius 1 is 0.741 bits per heavy atom. The van der Waals surface area contributed by atoms with Crippen LogP contribution in [0.4, 0.5) is 0 Å². The second kappa shape index (κ2) is 7.63. The Bertz CT molecular complexity index is 846. The minimum atomic E-state index is -1.65. The molecule has 0 radical (unpaired) electrons. The lowest BCUT2D eigenvalue weighted by Crippen LogP contribution is -2.29. The molecular formula is C21H22O6. The molecule has 0 unspecified atom stereocenters. The number of hydrogen-bond acceptors (Lipinski definition) is 6. The van der Waals surface area contributed by atoms with E-state index in [1.165, 1.54) is 20.5 Å². The molecule has 3 rings (SSSR count). The van der Waals surface area contributed by atoms with Crippen LogP contribution in [0.25, 0.3) is 0 Å². The highest BCUT2D eigenvalue weighted by atomic mass is 16.5. The molecule has 6 heteroatoms. The Labute approximate surface area is 157 Å². The predicted octanol–water partition coefficient (Wildman–Crippen LogP) is 3.60. The first-order valence-corrected chi connectivity index (χ1v) is 8.29. The number of benzene rings is 2. The van der Waals surface area contributed by atoms with Gasteiger partial charge in [0, 0.05) is 23.3 Å². The van der Waals surface area contributed by atoms with Gasteiger partial charge < -0.3 is 28.5 Å². The number of ether oxygens (including phenoxy) is 4. The highest BCUT2D eigenvalue weighted by Gasteiger charge is 2.41. The van der Waals surface area contributed by atoms with Crippen molar-refractivity contribution in [1.82, 2.24) is 0 Å². The fourth-order valence-electron chi connectivity index (χ4n) is 3.09. The second-order valence-corrected chi connectivity index (χ2v) is 5.82. The summed E-state index contributed by atoms with van der Waals surface area (Å²) in [6.45, 7) is 0. The van der Waals surface area contributed by atoms with Gasteiger partial charge in [-0.1, -0.05) is 0 Å². The maximum absolute atomic E-state index is 11.9. The van der Waals surface area contributed by atoms with Crippen LogP contribution in [-0.2, 0) is 5.60 Å². The smallest absolute Gasteiger partial charge is 0.180 e. The van der Waals surface area contributed by atoms with Crippen molar-refractivity contribution in [2.24, 2.45) is 0 Å². The molecule has 0 amide bonds. The Balaban J connectivity index is 2.30. The van der Waals surface area contributed by atoms with Gasteiger partial charge in [0.1, 0.15) is 28.8 Å².